The van der Waals surface area contributed by atoms with Gasteiger partial charge in [-0.1, -0.05) is 0 Å². The van der Waals surface area contributed by atoms with Gasteiger partial charge in [0.25, 0.3) is 10.0 Å². The molecule has 1 aliphatic heterocycles. The van der Waals surface area contributed by atoms with Crippen molar-refractivity contribution >= 4 is 37.3 Å². The fourth-order valence-corrected chi connectivity index (χ4v) is 6.85. The first-order valence-electron chi connectivity index (χ1n) is 12.0. The van der Waals surface area contributed by atoms with E-state index in [9.17, 15) is 26.0 Å². The molecule has 1 heterocycles. The molecule has 214 valence electrons. The van der Waals surface area contributed by atoms with Crippen LogP contribution >= 0.6 is 0 Å². The first kappa shape index (κ1) is 29.3. The SMILES string of the molecule is COc1ccc(S(=O)(=O)N(CC(=O)Nc2cc(S(=O)(=O)N3CCOCC3)ccc2OC)c2ccc(F)cc2)cc1. The van der Waals surface area contributed by atoms with Crippen molar-refractivity contribution in [2.45, 2.75) is 9.79 Å². The Morgan fingerprint density at radius 1 is 0.925 bits per heavy atom. The van der Waals surface area contributed by atoms with Crippen molar-refractivity contribution in [3.05, 3.63) is 72.5 Å². The molecule has 40 heavy (non-hydrogen) atoms. The summed E-state index contributed by atoms with van der Waals surface area (Å²) in [6.45, 7) is 0.198. The predicted octanol–water partition coefficient (Wildman–Crippen LogP) is 2.70. The summed E-state index contributed by atoms with van der Waals surface area (Å²) < 4.78 is 84.8. The van der Waals surface area contributed by atoms with Crippen LogP contribution in [0, 0.1) is 5.82 Å². The minimum atomic E-state index is -4.29. The van der Waals surface area contributed by atoms with Crippen molar-refractivity contribution in [3.63, 3.8) is 0 Å². The second kappa shape index (κ2) is 12.2. The first-order valence-corrected chi connectivity index (χ1v) is 14.9. The number of anilines is 2. The highest BCUT2D eigenvalue weighted by molar-refractivity contribution is 7.92. The molecule has 0 bridgehead atoms. The molecule has 0 atom stereocenters. The highest BCUT2D eigenvalue weighted by Gasteiger charge is 2.30. The number of amides is 1. The van der Waals surface area contributed by atoms with E-state index in [1.54, 1.807) is 0 Å². The zero-order valence-corrected chi connectivity index (χ0v) is 23.4. The second-order valence-corrected chi connectivity index (χ2v) is 12.4. The molecule has 1 aliphatic rings. The van der Waals surface area contributed by atoms with Crippen molar-refractivity contribution < 1.29 is 40.2 Å². The maximum atomic E-state index is 13.6. The molecule has 0 aromatic heterocycles. The second-order valence-electron chi connectivity index (χ2n) is 8.59. The monoisotopic (exact) mass is 593 g/mol. The molecule has 0 aliphatic carbocycles. The number of carbonyl (C=O) groups is 1. The number of rotatable bonds is 10. The van der Waals surface area contributed by atoms with Gasteiger partial charge in [-0.15, -0.1) is 0 Å². The number of hydrogen-bond acceptors (Lipinski definition) is 8. The zero-order chi connectivity index (χ0) is 28.9. The topological polar surface area (TPSA) is 132 Å². The van der Waals surface area contributed by atoms with E-state index in [-0.39, 0.29) is 53.2 Å². The van der Waals surface area contributed by atoms with Crippen molar-refractivity contribution in [3.8, 4) is 11.5 Å². The number of halogens is 1. The third-order valence-corrected chi connectivity index (χ3v) is 9.78. The summed E-state index contributed by atoms with van der Waals surface area (Å²) in [5.41, 5.74) is 0.0747. The van der Waals surface area contributed by atoms with Crippen molar-refractivity contribution in [1.82, 2.24) is 4.31 Å². The summed E-state index contributed by atoms with van der Waals surface area (Å²) in [5, 5.41) is 2.56. The maximum absolute atomic E-state index is 13.6. The molecule has 1 saturated heterocycles. The van der Waals surface area contributed by atoms with Gasteiger partial charge in [0.2, 0.25) is 15.9 Å². The number of methoxy groups -OCH3 is 2. The van der Waals surface area contributed by atoms with Crippen LogP contribution in [0.5, 0.6) is 11.5 Å². The molecule has 14 heteroatoms. The maximum Gasteiger partial charge on any atom is 0.264 e. The van der Waals surface area contributed by atoms with Crippen LogP contribution in [-0.4, -0.2) is 74.1 Å². The van der Waals surface area contributed by atoms with Crippen LogP contribution < -0.4 is 19.1 Å². The number of nitrogens with zero attached hydrogens (tertiary/aromatic N) is 2. The van der Waals surface area contributed by atoms with Gasteiger partial charge in [-0.3, -0.25) is 9.10 Å². The lowest BCUT2D eigenvalue weighted by Crippen LogP contribution is -2.40. The largest absolute Gasteiger partial charge is 0.497 e. The molecule has 0 spiro atoms. The van der Waals surface area contributed by atoms with Crippen LogP contribution in [0.25, 0.3) is 0 Å². The van der Waals surface area contributed by atoms with Crippen LogP contribution in [0.1, 0.15) is 0 Å². The minimum Gasteiger partial charge on any atom is -0.497 e. The van der Waals surface area contributed by atoms with Crippen LogP contribution in [0.3, 0.4) is 0 Å². The summed E-state index contributed by atoms with van der Waals surface area (Å²) in [6, 6.07) is 14.2. The lowest BCUT2D eigenvalue weighted by atomic mass is 10.3. The molecule has 1 N–H and O–H groups in total. The Morgan fingerprint density at radius 2 is 1.55 bits per heavy atom. The van der Waals surface area contributed by atoms with E-state index in [1.165, 1.54) is 73.1 Å². The fourth-order valence-electron chi connectivity index (χ4n) is 4.00. The van der Waals surface area contributed by atoms with E-state index in [1.807, 2.05) is 0 Å². The molecule has 11 nitrogen and oxygen atoms in total. The fraction of sp³-hybridized carbons (Fsp3) is 0.269. The number of carbonyl (C=O) groups excluding carboxylic acids is 1. The molecule has 1 amide bonds. The number of ether oxygens (including phenoxy) is 3. The summed E-state index contributed by atoms with van der Waals surface area (Å²) in [5.74, 6) is -0.775. The van der Waals surface area contributed by atoms with E-state index in [2.05, 4.69) is 5.32 Å². The molecular formula is C26H28FN3O8S2. The number of nitrogens with one attached hydrogen (secondary N) is 1. The normalized spacial score (nSPS) is 14.4. The van der Waals surface area contributed by atoms with Crippen LogP contribution in [0.15, 0.2) is 76.5 Å². The average molecular weight is 594 g/mol. The van der Waals surface area contributed by atoms with Gasteiger partial charge < -0.3 is 19.5 Å². The van der Waals surface area contributed by atoms with Gasteiger partial charge in [0.05, 0.1) is 48.6 Å². The predicted molar refractivity (Wildman–Crippen MR) is 145 cm³/mol. The minimum absolute atomic E-state index is 0.0303. The van der Waals surface area contributed by atoms with Gasteiger partial charge in [-0.05, 0) is 66.7 Å². The van der Waals surface area contributed by atoms with Crippen molar-refractivity contribution in [2.75, 3.05) is 56.7 Å². The summed E-state index contributed by atoms with van der Waals surface area (Å²) in [4.78, 5) is 13.0. The molecule has 4 rings (SSSR count). The molecule has 0 radical (unpaired) electrons. The standard InChI is InChI=1S/C26H28FN3O8S2/c1-36-21-7-9-22(10-8-21)40(34,35)30(20-5-3-19(27)4-6-20)18-26(31)28-24-17-23(11-12-25(24)37-2)39(32,33)29-13-15-38-16-14-29/h3-12,17H,13-16,18H2,1-2H3,(H,28,31). The Morgan fingerprint density at radius 3 is 2.15 bits per heavy atom. The Kier molecular flexibility index (Phi) is 8.93. The van der Waals surface area contributed by atoms with Crippen molar-refractivity contribution in [1.29, 1.82) is 0 Å². The molecule has 3 aromatic carbocycles. The Hall–Kier alpha value is -3.72. The number of sulfonamides is 2. The number of morpholine rings is 1. The van der Waals surface area contributed by atoms with Crippen molar-refractivity contribution in [2.24, 2.45) is 0 Å². The van der Waals surface area contributed by atoms with Gasteiger partial charge in [0.15, 0.2) is 0 Å². The highest BCUT2D eigenvalue weighted by atomic mass is 32.2. The Labute approximate surface area is 232 Å². The Bertz CT molecular complexity index is 1560. The van der Waals surface area contributed by atoms with Gasteiger partial charge in [0, 0.05) is 13.1 Å². The van der Waals surface area contributed by atoms with Gasteiger partial charge >= 0.3 is 0 Å². The molecule has 0 unspecified atom stereocenters. The smallest absolute Gasteiger partial charge is 0.264 e. The summed E-state index contributed by atoms with van der Waals surface area (Å²) >= 11 is 0. The van der Waals surface area contributed by atoms with E-state index in [0.29, 0.717) is 5.75 Å². The lowest BCUT2D eigenvalue weighted by Gasteiger charge is -2.26. The lowest BCUT2D eigenvalue weighted by molar-refractivity contribution is -0.114. The average Bonchev–Trinajstić information content (AvgIpc) is 2.97. The van der Waals surface area contributed by atoms with Crippen LogP contribution in [0.4, 0.5) is 15.8 Å². The van der Waals surface area contributed by atoms with E-state index in [4.69, 9.17) is 14.2 Å². The molecule has 0 saturated carbocycles. The zero-order valence-electron chi connectivity index (χ0n) is 21.7. The van der Waals surface area contributed by atoms with Gasteiger partial charge in [-0.25, -0.2) is 21.2 Å². The first-order chi connectivity index (χ1) is 19.1. The van der Waals surface area contributed by atoms with Gasteiger partial charge in [-0.2, -0.15) is 4.31 Å². The van der Waals surface area contributed by atoms with Crippen LogP contribution in [-0.2, 0) is 29.6 Å². The van der Waals surface area contributed by atoms with E-state index in [0.717, 1.165) is 16.4 Å². The summed E-state index contributed by atoms with van der Waals surface area (Å²) in [6.07, 6.45) is 0. The van der Waals surface area contributed by atoms with Gasteiger partial charge in [0.1, 0.15) is 23.9 Å². The third kappa shape index (κ3) is 6.36. The Balaban J connectivity index is 1.64. The highest BCUT2D eigenvalue weighted by Crippen LogP contribution is 2.30. The molecular weight excluding hydrogens is 565 g/mol. The molecule has 1 fully saturated rings. The number of hydrogen-bond donors (Lipinski definition) is 1. The number of benzene rings is 3. The van der Waals surface area contributed by atoms with E-state index < -0.39 is 38.3 Å². The van der Waals surface area contributed by atoms with E-state index >= 15 is 0 Å². The third-order valence-electron chi connectivity index (χ3n) is 6.10. The summed E-state index contributed by atoms with van der Waals surface area (Å²) in [7, 11) is -5.39. The quantitative estimate of drug-likeness (QED) is 0.380. The van der Waals surface area contributed by atoms with Crippen LogP contribution in [0.2, 0.25) is 0 Å². The molecule has 3 aromatic rings.